The molecular weight excluding hydrogens is 842 g/mol. The first kappa shape index (κ1) is 44.0. The number of hydrogen-bond acceptors (Lipinski definition) is 1. The zero-order chi connectivity index (χ0) is 38.0. The molecule has 2 heterocycles. The van der Waals surface area contributed by atoms with Gasteiger partial charge in [-0.15, -0.1) is 0 Å². The van der Waals surface area contributed by atoms with Crippen LogP contribution in [0.1, 0.15) is 66.9 Å². The van der Waals surface area contributed by atoms with Crippen LogP contribution >= 0.6 is 23.9 Å². The molecule has 0 saturated carbocycles. The van der Waals surface area contributed by atoms with Gasteiger partial charge in [0.2, 0.25) is 0 Å². The minimum atomic E-state index is -10.7. The van der Waals surface area contributed by atoms with Gasteiger partial charge in [0.15, 0.2) is 0 Å². The van der Waals surface area contributed by atoms with E-state index < -0.39 is 23.9 Å². The fraction of sp³-hybridized carbons (Fsp3) is 0.256. The van der Waals surface area contributed by atoms with Crippen LogP contribution in [-0.4, -0.2) is 13.3 Å². The van der Waals surface area contributed by atoms with Crippen molar-refractivity contribution in [3.8, 4) is 0 Å². The van der Waals surface area contributed by atoms with Crippen LogP contribution < -0.4 is 0 Å². The van der Waals surface area contributed by atoms with Gasteiger partial charge < -0.3 is 4.52 Å². The van der Waals surface area contributed by atoms with Crippen molar-refractivity contribution in [2.75, 3.05) is 13.3 Å². The van der Waals surface area contributed by atoms with E-state index in [1.54, 1.807) is 0 Å². The Balaban J connectivity index is 0.000000341. The maximum atomic E-state index is 9.87. The van der Waals surface area contributed by atoms with Gasteiger partial charge in [-0.05, 0) is 73.3 Å². The Morgan fingerprint density at radius 1 is 0.630 bits per heavy atom. The van der Waals surface area contributed by atoms with Crippen molar-refractivity contribution in [3.63, 3.8) is 0 Å². The van der Waals surface area contributed by atoms with E-state index in [-0.39, 0.29) is 24.6 Å². The molecule has 0 fully saturated rings. The van der Waals surface area contributed by atoms with E-state index in [0.717, 1.165) is 13.0 Å². The van der Waals surface area contributed by atoms with Crippen LogP contribution in [0.4, 0.5) is 25.2 Å². The number of allylic oxidation sites excluding steroid dienone is 6. The fourth-order valence-corrected chi connectivity index (χ4v) is 12.9. The van der Waals surface area contributed by atoms with Gasteiger partial charge in [0.1, 0.15) is 0 Å². The van der Waals surface area contributed by atoms with Gasteiger partial charge in [0, 0.05) is 48.1 Å². The van der Waals surface area contributed by atoms with Gasteiger partial charge >= 0.3 is 33.0 Å². The maximum absolute atomic E-state index is 10.7. The van der Waals surface area contributed by atoms with E-state index >= 15 is 0 Å². The monoisotopic (exact) mass is 888 g/mol. The Kier molecular flexibility index (Phi) is 15.1. The predicted octanol–water partition coefficient (Wildman–Crippen LogP) is 16.3. The molecule has 1 aliphatic carbocycles. The minimum Gasteiger partial charge on any atom is 0 e. The van der Waals surface area contributed by atoms with Gasteiger partial charge in [0.25, 0.3) is 0 Å². The molecule has 3 aliphatic rings. The van der Waals surface area contributed by atoms with Crippen molar-refractivity contribution in [2.24, 2.45) is 5.92 Å². The van der Waals surface area contributed by atoms with Gasteiger partial charge in [-0.3, -0.25) is 0 Å². The third-order valence-corrected chi connectivity index (χ3v) is 15.1. The minimum absolute atomic E-state index is 0. The molecule has 7 rings (SSSR count). The van der Waals surface area contributed by atoms with Crippen LogP contribution in [0, 0.1) is 5.92 Å². The molecule has 291 valence electrons. The number of hydrogen-bond donors (Lipinski definition) is 0. The summed E-state index contributed by atoms with van der Waals surface area (Å²) in [6.07, 6.45) is 20.2. The Bertz CT molecular complexity index is 1850. The summed E-state index contributed by atoms with van der Waals surface area (Å²) >= 11 is 0. The van der Waals surface area contributed by atoms with Crippen LogP contribution in [0.15, 0.2) is 158 Å². The first-order chi connectivity index (χ1) is 25.2. The van der Waals surface area contributed by atoms with E-state index in [2.05, 4.69) is 171 Å². The van der Waals surface area contributed by atoms with E-state index in [0.29, 0.717) is 11.6 Å². The number of benzene rings is 4. The number of rotatable bonds is 7. The summed E-state index contributed by atoms with van der Waals surface area (Å²) in [4.78, 5) is 0. The summed E-state index contributed by atoms with van der Waals surface area (Å²) in [7, 11) is -12.0. The molecule has 0 bridgehead atoms. The molecule has 1 nitrogen and oxygen atoms in total. The van der Waals surface area contributed by atoms with Crippen molar-refractivity contribution in [1.29, 1.82) is 0 Å². The molecule has 0 amide bonds. The topological polar surface area (TPSA) is 9.23 Å². The second-order valence-electron chi connectivity index (χ2n) is 13.1. The van der Waals surface area contributed by atoms with Crippen molar-refractivity contribution < 1.29 is 49.2 Å². The van der Waals surface area contributed by atoms with Crippen molar-refractivity contribution in [3.05, 3.63) is 180 Å². The third kappa shape index (κ3) is 12.4. The number of halogens is 6. The van der Waals surface area contributed by atoms with Gasteiger partial charge in [-0.2, -0.15) is 0 Å². The average Bonchev–Trinajstić information content (AvgIpc) is 3.67. The zero-order valence-corrected chi connectivity index (χ0v) is 34.6. The predicted molar refractivity (Wildman–Crippen MR) is 216 cm³/mol. The van der Waals surface area contributed by atoms with Gasteiger partial charge in [-0.1, -0.05) is 166 Å². The van der Waals surface area contributed by atoms with Crippen LogP contribution in [-0.2, 0) is 29.2 Å². The molecule has 11 heteroatoms. The molecule has 2 aliphatic heterocycles. The zero-order valence-electron chi connectivity index (χ0n) is 30.3. The normalized spacial score (nSPS) is 25.9. The van der Waals surface area contributed by atoms with Crippen LogP contribution in [0.2, 0.25) is 0 Å². The molecule has 0 N–H and O–H groups in total. The Labute approximate surface area is 331 Å². The largest absolute Gasteiger partial charge is 0 e. The van der Waals surface area contributed by atoms with Gasteiger partial charge in [-0.25, -0.2) is 0 Å². The first-order valence-corrected chi connectivity index (χ1v) is 23.0. The summed E-state index contributed by atoms with van der Waals surface area (Å²) < 4.78 is 65.9. The molecule has 2 unspecified atom stereocenters. The molecule has 5 atom stereocenters. The van der Waals surface area contributed by atoms with E-state index in [9.17, 15) is 25.2 Å². The van der Waals surface area contributed by atoms with Crippen LogP contribution in [0.5, 0.6) is 0 Å². The first-order valence-electron chi connectivity index (χ1n) is 17.8. The van der Waals surface area contributed by atoms with Crippen LogP contribution in [0.25, 0.3) is 10.6 Å². The summed E-state index contributed by atoms with van der Waals surface area (Å²) in [6, 6.07) is 44.5. The second-order valence-corrected chi connectivity index (χ2v) is 19.4. The Hall–Kier alpha value is -2.71. The molecule has 54 heavy (non-hydrogen) atoms. The summed E-state index contributed by atoms with van der Waals surface area (Å²) in [5, 5.41) is 2.92. The summed E-state index contributed by atoms with van der Waals surface area (Å²) in [5.74, 6) is 0.328. The molecule has 1 radical (unpaired) electrons. The Morgan fingerprint density at radius 2 is 1.04 bits per heavy atom. The molecule has 4 aromatic rings. The standard InChI is InChI=1S/C35H34OP2.C8H12.F6P.Rh/c1-3-36-38-33(28-18-10-5-11-19-28)26-31(34(38)29-20-12-6-13-21-29)35(30-22-14-7-15-23-30)25-24-32(37(35)2)27-16-8-4-9-17-27;1-2-4-6-8-7-5-3-1;1-7(2,3,4,5)6;/h4-24,26,31,34H,3,25H2,1-2H3;1-2,7-8H,3-6H2;;/q;;-1;/b;2-1-,8-7-;;/t31-,34+,35-,37?,38?;;;/m1.../s1. The molecule has 4 aromatic carbocycles. The van der Waals surface area contributed by atoms with Crippen molar-refractivity contribution >= 4 is 34.5 Å². The van der Waals surface area contributed by atoms with Gasteiger partial charge in [0.05, 0.1) is 8.15 Å². The van der Waals surface area contributed by atoms with Crippen LogP contribution in [0.3, 0.4) is 0 Å². The SMILES string of the molecule is C1=C\CC/C=C\CC/1.CCOP1C(c2ccccc2)=C[C@@H]([C@]2(c3ccccc3)CC=C(c3ccccc3)P2C)[C@@H]1c1ccccc1.F[P-](F)(F)(F)(F)F.[Rh]. The van der Waals surface area contributed by atoms with E-state index in [4.69, 9.17) is 4.52 Å². The fourth-order valence-electron chi connectivity index (χ4n) is 7.25. The quantitative estimate of drug-likeness (QED) is 0.0778. The summed E-state index contributed by atoms with van der Waals surface area (Å²) in [5.41, 5.74) is 5.82. The molecule has 0 saturated heterocycles. The second kappa shape index (κ2) is 18.5. The Morgan fingerprint density at radius 3 is 1.48 bits per heavy atom. The van der Waals surface area contributed by atoms with E-state index in [1.807, 2.05) is 0 Å². The van der Waals surface area contributed by atoms with Crippen molar-refractivity contribution in [2.45, 2.75) is 49.8 Å². The molecular formula is C43H46F6OP3Rh-. The smallest absolute Gasteiger partial charge is 0 e. The molecule has 0 spiro atoms. The average molecular weight is 889 g/mol. The summed E-state index contributed by atoms with van der Waals surface area (Å²) in [6.45, 7) is 5.39. The molecule has 0 aromatic heterocycles. The third-order valence-electron chi connectivity index (χ3n) is 9.44. The van der Waals surface area contributed by atoms with Crippen molar-refractivity contribution in [1.82, 2.24) is 0 Å². The van der Waals surface area contributed by atoms with E-state index in [1.165, 1.54) is 58.6 Å². The maximum Gasteiger partial charge on any atom is 0 e.